The standard InChI is InChI=1S/C12H19BrN2O/c1-4-7-14(5-2)12(16)11-8-10(13)9-15(11)6-3/h8-9H,4-7H2,1-3H3. The third kappa shape index (κ3) is 2.88. The molecule has 16 heavy (non-hydrogen) atoms. The van der Waals surface area contributed by atoms with Crippen molar-refractivity contribution in [3.8, 4) is 0 Å². The van der Waals surface area contributed by atoms with Gasteiger partial charge in [-0.1, -0.05) is 6.92 Å². The smallest absolute Gasteiger partial charge is 0.270 e. The van der Waals surface area contributed by atoms with Crippen molar-refractivity contribution in [2.45, 2.75) is 33.7 Å². The topological polar surface area (TPSA) is 25.2 Å². The summed E-state index contributed by atoms with van der Waals surface area (Å²) >= 11 is 3.41. The Hall–Kier alpha value is -0.770. The van der Waals surface area contributed by atoms with Gasteiger partial charge in [0.15, 0.2) is 0 Å². The largest absolute Gasteiger partial charge is 0.343 e. The molecule has 0 bridgehead atoms. The normalized spacial score (nSPS) is 10.5. The van der Waals surface area contributed by atoms with Crippen LogP contribution in [0, 0.1) is 0 Å². The highest BCUT2D eigenvalue weighted by Gasteiger charge is 2.17. The lowest BCUT2D eigenvalue weighted by molar-refractivity contribution is 0.0754. The van der Waals surface area contributed by atoms with Crippen molar-refractivity contribution in [1.82, 2.24) is 9.47 Å². The number of aromatic nitrogens is 1. The van der Waals surface area contributed by atoms with E-state index in [1.807, 2.05) is 35.6 Å². The van der Waals surface area contributed by atoms with Crippen molar-refractivity contribution in [2.24, 2.45) is 0 Å². The first-order chi connectivity index (χ1) is 7.63. The third-order valence-electron chi connectivity index (χ3n) is 2.59. The number of aryl methyl sites for hydroxylation is 1. The van der Waals surface area contributed by atoms with E-state index in [-0.39, 0.29) is 5.91 Å². The Morgan fingerprint density at radius 3 is 2.62 bits per heavy atom. The quantitative estimate of drug-likeness (QED) is 0.816. The van der Waals surface area contributed by atoms with Gasteiger partial charge in [0.25, 0.3) is 5.91 Å². The summed E-state index contributed by atoms with van der Waals surface area (Å²) in [6, 6.07) is 1.89. The molecule has 0 spiro atoms. The minimum absolute atomic E-state index is 0.122. The molecule has 0 aromatic carbocycles. The summed E-state index contributed by atoms with van der Waals surface area (Å²) in [7, 11) is 0. The summed E-state index contributed by atoms with van der Waals surface area (Å²) in [4.78, 5) is 14.1. The lowest BCUT2D eigenvalue weighted by atomic mass is 10.3. The molecule has 0 saturated carbocycles. The molecule has 1 heterocycles. The SMILES string of the molecule is CCCN(CC)C(=O)c1cc(Br)cn1CC. The van der Waals surface area contributed by atoms with Crippen LogP contribution in [-0.2, 0) is 6.54 Å². The van der Waals surface area contributed by atoms with Crippen LogP contribution in [0.25, 0.3) is 0 Å². The Morgan fingerprint density at radius 2 is 2.12 bits per heavy atom. The van der Waals surface area contributed by atoms with Gasteiger partial charge in [0.1, 0.15) is 5.69 Å². The van der Waals surface area contributed by atoms with Gasteiger partial charge in [0.05, 0.1) is 0 Å². The molecule has 1 rings (SSSR count). The van der Waals surface area contributed by atoms with E-state index in [4.69, 9.17) is 0 Å². The minimum Gasteiger partial charge on any atom is -0.343 e. The first kappa shape index (κ1) is 13.3. The van der Waals surface area contributed by atoms with Crippen LogP contribution in [0.5, 0.6) is 0 Å². The molecule has 0 aliphatic heterocycles. The summed E-state index contributed by atoms with van der Waals surface area (Å²) in [5.74, 6) is 0.122. The molecule has 0 radical (unpaired) electrons. The molecule has 90 valence electrons. The highest BCUT2D eigenvalue weighted by atomic mass is 79.9. The summed E-state index contributed by atoms with van der Waals surface area (Å²) < 4.78 is 2.94. The van der Waals surface area contributed by atoms with Crippen LogP contribution in [0.1, 0.15) is 37.7 Å². The van der Waals surface area contributed by atoms with Crippen molar-refractivity contribution in [3.05, 3.63) is 22.4 Å². The number of nitrogens with zero attached hydrogens (tertiary/aromatic N) is 2. The lowest BCUT2D eigenvalue weighted by Crippen LogP contribution is -2.32. The van der Waals surface area contributed by atoms with E-state index in [0.29, 0.717) is 0 Å². The zero-order chi connectivity index (χ0) is 12.1. The van der Waals surface area contributed by atoms with Crippen LogP contribution in [-0.4, -0.2) is 28.5 Å². The van der Waals surface area contributed by atoms with E-state index in [9.17, 15) is 4.79 Å². The number of halogens is 1. The monoisotopic (exact) mass is 286 g/mol. The molecule has 0 atom stereocenters. The minimum atomic E-state index is 0.122. The Balaban J connectivity index is 2.93. The van der Waals surface area contributed by atoms with Gasteiger partial charge in [-0.25, -0.2) is 0 Å². The van der Waals surface area contributed by atoms with Crippen molar-refractivity contribution in [1.29, 1.82) is 0 Å². The zero-order valence-corrected chi connectivity index (χ0v) is 11.7. The molecule has 0 N–H and O–H groups in total. The summed E-state index contributed by atoms with van der Waals surface area (Å²) in [6.07, 6.45) is 2.95. The van der Waals surface area contributed by atoms with Crippen molar-refractivity contribution >= 4 is 21.8 Å². The Kier molecular flexibility index (Phi) is 5.06. The molecule has 1 amide bonds. The molecular formula is C12H19BrN2O. The lowest BCUT2D eigenvalue weighted by Gasteiger charge is -2.20. The van der Waals surface area contributed by atoms with Crippen LogP contribution in [0.2, 0.25) is 0 Å². The fourth-order valence-corrected chi connectivity index (χ4v) is 2.21. The molecule has 1 aromatic rings. The molecule has 4 heteroatoms. The average Bonchev–Trinajstić information content (AvgIpc) is 2.66. The fraction of sp³-hybridized carbons (Fsp3) is 0.583. The van der Waals surface area contributed by atoms with Crippen molar-refractivity contribution < 1.29 is 4.79 Å². The van der Waals surface area contributed by atoms with E-state index < -0.39 is 0 Å². The molecular weight excluding hydrogens is 268 g/mol. The Labute approximate surface area is 106 Å². The van der Waals surface area contributed by atoms with Crippen LogP contribution >= 0.6 is 15.9 Å². The second kappa shape index (κ2) is 6.09. The van der Waals surface area contributed by atoms with E-state index in [0.717, 1.165) is 36.2 Å². The second-order valence-electron chi connectivity index (χ2n) is 3.71. The van der Waals surface area contributed by atoms with Gasteiger partial charge in [0.2, 0.25) is 0 Å². The second-order valence-corrected chi connectivity index (χ2v) is 4.63. The van der Waals surface area contributed by atoms with Gasteiger partial charge in [-0.05, 0) is 42.3 Å². The molecule has 0 unspecified atom stereocenters. The Morgan fingerprint density at radius 1 is 1.44 bits per heavy atom. The number of rotatable bonds is 5. The molecule has 0 saturated heterocycles. The number of hydrogen-bond donors (Lipinski definition) is 0. The maximum absolute atomic E-state index is 12.2. The van der Waals surface area contributed by atoms with Crippen LogP contribution in [0.15, 0.2) is 16.7 Å². The van der Waals surface area contributed by atoms with E-state index in [1.54, 1.807) is 0 Å². The summed E-state index contributed by atoms with van der Waals surface area (Å²) in [5.41, 5.74) is 0.768. The molecule has 0 aliphatic carbocycles. The van der Waals surface area contributed by atoms with E-state index in [2.05, 4.69) is 22.9 Å². The van der Waals surface area contributed by atoms with Crippen LogP contribution in [0.4, 0.5) is 0 Å². The van der Waals surface area contributed by atoms with Crippen LogP contribution in [0.3, 0.4) is 0 Å². The van der Waals surface area contributed by atoms with Gasteiger partial charge in [-0.3, -0.25) is 4.79 Å². The molecule has 0 fully saturated rings. The van der Waals surface area contributed by atoms with Gasteiger partial charge in [0, 0.05) is 30.3 Å². The number of hydrogen-bond acceptors (Lipinski definition) is 1. The predicted octanol–water partition coefficient (Wildman–Crippen LogP) is 3.14. The molecule has 1 aromatic heterocycles. The van der Waals surface area contributed by atoms with Crippen LogP contribution < -0.4 is 0 Å². The molecule has 0 aliphatic rings. The third-order valence-corrected chi connectivity index (χ3v) is 3.02. The first-order valence-electron chi connectivity index (χ1n) is 5.78. The van der Waals surface area contributed by atoms with Crippen molar-refractivity contribution in [2.75, 3.05) is 13.1 Å². The zero-order valence-electron chi connectivity index (χ0n) is 10.2. The van der Waals surface area contributed by atoms with Gasteiger partial charge >= 0.3 is 0 Å². The van der Waals surface area contributed by atoms with Gasteiger partial charge in [-0.2, -0.15) is 0 Å². The maximum Gasteiger partial charge on any atom is 0.270 e. The highest BCUT2D eigenvalue weighted by Crippen LogP contribution is 2.16. The average molecular weight is 287 g/mol. The number of amides is 1. The fourth-order valence-electron chi connectivity index (χ4n) is 1.75. The number of carbonyl (C=O) groups excluding carboxylic acids is 1. The van der Waals surface area contributed by atoms with E-state index >= 15 is 0 Å². The summed E-state index contributed by atoms with van der Waals surface area (Å²) in [6.45, 7) is 8.54. The summed E-state index contributed by atoms with van der Waals surface area (Å²) in [5, 5.41) is 0. The maximum atomic E-state index is 12.2. The number of carbonyl (C=O) groups is 1. The molecule has 3 nitrogen and oxygen atoms in total. The first-order valence-corrected chi connectivity index (χ1v) is 6.58. The van der Waals surface area contributed by atoms with Gasteiger partial charge in [-0.15, -0.1) is 0 Å². The Bertz CT molecular complexity index is 360. The highest BCUT2D eigenvalue weighted by molar-refractivity contribution is 9.10. The van der Waals surface area contributed by atoms with Gasteiger partial charge < -0.3 is 9.47 Å². The van der Waals surface area contributed by atoms with E-state index in [1.165, 1.54) is 0 Å². The van der Waals surface area contributed by atoms with Crippen molar-refractivity contribution in [3.63, 3.8) is 0 Å². The predicted molar refractivity (Wildman–Crippen MR) is 69.7 cm³/mol.